The van der Waals surface area contributed by atoms with Crippen LogP contribution in [0.2, 0.25) is 0 Å². The Morgan fingerprint density at radius 2 is 1.84 bits per heavy atom. The SMILES string of the molecule is O=C(CC[C@H]1CCCN(C(=O)Cc2ccc3c(c2)OCO3)C1)NCc1ccc(F)c(F)c1. The Morgan fingerprint density at radius 1 is 1.03 bits per heavy atom. The maximum Gasteiger partial charge on any atom is 0.231 e. The van der Waals surface area contributed by atoms with E-state index in [0.717, 1.165) is 37.1 Å². The number of amides is 2. The predicted molar refractivity (Wildman–Crippen MR) is 113 cm³/mol. The molecule has 0 aromatic heterocycles. The maximum atomic E-state index is 13.3. The number of carbonyl (C=O) groups is 2. The first kappa shape index (κ1) is 22.0. The van der Waals surface area contributed by atoms with E-state index in [-0.39, 0.29) is 31.1 Å². The van der Waals surface area contributed by atoms with Crippen molar-refractivity contribution < 1.29 is 27.8 Å². The molecule has 4 rings (SSSR count). The average molecular weight is 444 g/mol. The van der Waals surface area contributed by atoms with Gasteiger partial charge in [-0.05, 0) is 60.6 Å². The second kappa shape index (κ2) is 9.97. The number of nitrogens with zero attached hydrogens (tertiary/aromatic N) is 1. The number of piperidine rings is 1. The minimum absolute atomic E-state index is 0.0661. The van der Waals surface area contributed by atoms with Crippen LogP contribution in [0.4, 0.5) is 8.78 Å². The molecule has 170 valence electrons. The molecule has 2 aliphatic rings. The molecule has 2 heterocycles. The highest BCUT2D eigenvalue weighted by molar-refractivity contribution is 5.79. The van der Waals surface area contributed by atoms with Crippen molar-refractivity contribution in [1.29, 1.82) is 0 Å². The Balaban J connectivity index is 1.21. The quantitative estimate of drug-likeness (QED) is 0.709. The first-order chi connectivity index (χ1) is 15.5. The summed E-state index contributed by atoms with van der Waals surface area (Å²) in [5.41, 5.74) is 1.40. The summed E-state index contributed by atoms with van der Waals surface area (Å²) < 4.78 is 36.9. The molecular formula is C24H26F2N2O4. The van der Waals surface area contributed by atoms with Crippen molar-refractivity contribution in [1.82, 2.24) is 10.2 Å². The molecule has 0 bridgehead atoms. The van der Waals surface area contributed by atoms with Crippen LogP contribution < -0.4 is 14.8 Å². The Labute approximate surface area is 185 Å². The molecule has 2 aliphatic heterocycles. The van der Waals surface area contributed by atoms with E-state index in [9.17, 15) is 18.4 Å². The monoisotopic (exact) mass is 444 g/mol. The smallest absolute Gasteiger partial charge is 0.231 e. The highest BCUT2D eigenvalue weighted by Gasteiger charge is 2.24. The van der Waals surface area contributed by atoms with E-state index in [1.54, 1.807) is 0 Å². The summed E-state index contributed by atoms with van der Waals surface area (Å²) >= 11 is 0. The molecule has 2 amide bonds. The normalized spacial score (nSPS) is 17.3. The molecule has 1 atom stereocenters. The summed E-state index contributed by atoms with van der Waals surface area (Å²) in [7, 11) is 0. The Bertz CT molecular complexity index is 998. The van der Waals surface area contributed by atoms with Crippen molar-refractivity contribution in [3.8, 4) is 11.5 Å². The van der Waals surface area contributed by atoms with E-state index >= 15 is 0 Å². The highest BCUT2D eigenvalue weighted by Crippen LogP contribution is 2.33. The third-order valence-electron chi connectivity index (χ3n) is 5.92. The third kappa shape index (κ3) is 5.55. The van der Waals surface area contributed by atoms with E-state index in [2.05, 4.69) is 5.32 Å². The molecule has 0 aliphatic carbocycles. The van der Waals surface area contributed by atoms with Crippen LogP contribution in [0, 0.1) is 17.6 Å². The fourth-order valence-corrected chi connectivity index (χ4v) is 4.14. The molecule has 1 fully saturated rings. The summed E-state index contributed by atoms with van der Waals surface area (Å²) in [4.78, 5) is 26.8. The fourth-order valence-electron chi connectivity index (χ4n) is 4.14. The van der Waals surface area contributed by atoms with Crippen LogP contribution in [-0.2, 0) is 22.6 Å². The zero-order valence-corrected chi connectivity index (χ0v) is 17.7. The molecule has 8 heteroatoms. The lowest BCUT2D eigenvalue weighted by atomic mass is 9.93. The minimum atomic E-state index is -0.926. The number of rotatable bonds is 7. The second-order valence-corrected chi connectivity index (χ2v) is 8.28. The van der Waals surface area contributed by atoms with Crippen molar-refractivity contribution >= 4 is 11.8 Å². The van der Waals surface area contributed by atoms with Crippen LogP contribution in [0.1, 0.15) is 36.8 Å². The summed E-state index contributed by atoms with van der Waals surface area (Å²) in [6, 6.07) is 9.13. The van der Waals surface area contributed by atoms with Gasteiger partial charge in [0, 0.05) is 26.1 Å². The summed E-state index contributed by atoms with van der Waals surface area (Å²) in [6.07, 6.45) is 3.20. The number of likely N-dealkylation sites (tertiary alicyclic amines) is 1. The van der Waals surface area contributed by atoms with E-state index in [4.69, 9.17) is 9.47 Å². The van der Waals surface area contributed by atoms with Gasteiger partial charge in [0.2, 0.25) is 18.6 Å². The lowest BCUT2D eigenvalue weighted by molar-refractivity contribution is -0.132. The number of fused-ring (bicyclic) bond motifs is 1. The molecular weight excluding hydrogens is 418 g/mol. The van der Waals surface area contributed by atoms with Crippen LogP contribution in [-0.4, -0.2) is 36.6 Å². The van der Waals surface area contributed by atoms with Gasteiger partial charge < -0.3 is 19.7 Å². The molecule has 1 N–H and O–H groups in total. The van der Waals surface area contributed by atoms with Gasteiger partial charge in [-0.2, -0.15) is 0 Å². The Hall–Kier alpha value is -3.16. The first-order valence-corrected chi connectivity index (χ1v) is 10.8. The second-order valence-electron chi connectivity index (χ2n) is 8.28. The van der Waals surface area contributed by atoms with Crippen LogP contribution in [0.15, 0.2) is 36.4 Å². The molecule has 0 saturated carbocycles. The van der Waals surface area contributed by atoms with E-state index < -0.39 is 11.6 Å². The summed E-state index contributed by atoms with van der Waals surface area (Å²) in [5.74, 6) is -0.281. The topological polar surface area (TPSA) is 67.9 Å². The first-order valence-electron chi connectivity index (χ1n) is 10.8. The minimum Gasteiger partial charge on any atom is -0.454 e. The van der Waals surface area contributed by atoms with Gasteiger partial charge in [-0.3, -0.25) is 9.59 Å². The van der Waals surface area contributed by atoms with Crippen molar-refractivity contribution in [3.05, 3.63) is 59.2 Å². The maximum absolute atomic E-state index is 13.3. The zero-order chi connectivity index (χ0) is 22.5. The number of hydrogen-bond acceptors (Lipinski definition) is 4. The summed E-state index contributed by atoms with van der Waals surface area (Å²) in [6.45, 7) is 1.72. The van der Waals surface area contributed by atoms with Gasteiger partial charge in [0.1, 0.15) is 0 Å². The van der Waals surface area contributed by atoms with Crippen molar-refractivity contribution in [2.75, 3.05) is 19.9 Å². The Kier molecular flexibility index (Phi) is 6.87. The van der Waals surface area contributed by atoms with Gasteiger partial charge in [-0.25, -0.2) is 8.78 Å². The van der Waals surface area contributed by atoms with Crippen molar-refractivity contribution in [2.45, 2.75) is 38.6 Å². The Morgan fingerprint density at radius 3 is 2.69 bits per heavy atom. The van der Waals surface area contributed by atoms with Gasteiger partial charge in [0.15, 0.2) is 23.1 Å². The standard InChI is InChI=1S/C24H26F2N2O4/c25-19-6-3-18(10-20(19)26)13-27-23(29)8-5-16-2-1-9-28(14-16)24(30)12-17-4-7-21-22(11-17)32-15-31-21/h3-4,6-7,10-11,16H,1-2,5,8-9,12-15H2,(H,27,29)/t16-/m1/s1. The lowest BCUT2D eigenvalue weighted by Crippen LogP contribution is -2.41. The molecule has 2 aromatic rings. The predicted octanol–water partition coefficient (Wildman–Crippen LogP) is 3.57. The molecule has 32 heavy (non-hydrogen) atoms. The molecule has 6 nitrogen and oxygen atoms in total. The highest BCUT2D eigenvalue weighted by atomic mass is 19.2. The van der Waals surface area contributed by atoms with Crippen molar-refractivity contribution in [2.24, 2.45) is 5.92 Å². The van der Waals surface area contributed by atoms with Gasteiger partial charge in [-0.15, -0.1) is 0 Å². The molecule has 0 spiro atoms. The van der Waals surface area contributed by atoms with Crippen LogP contribution in [0.25, 0.3) is 0 Å². The molecule has 2 aromatic carbocycles. The average Bonchev–Trinajstić information content (AvgIpc) is 3.26. The van der Waals surface area contributed by atoms with E-state index in [1.165, 1.54) is 6.07 Å². The van der Waals surface area contributed by atoms with Crippen LogP contribution in [0.5, 0.6) is 11.5 Å². The van der Waals surface area contributed by atoms with Gasteiger partial charge in [-0.1, -0.05) is 12.1 Å². The number of carbonyl (C=O) groups excluding carboxylic acids is 2. The number of hydrogen-bond donors (Lipinski definition) is 1. The molecule has 0 radical (unpaired) electrons. The van der Waals surface area contributed by atoms with E-state index in [1.807, 2.05) is 23.1 Å². The number of nitrogens with one attached hydrogen (secondary N) is 1. The zero-order valence-electron chi connectivity index (χ0n) is 17.7. The number of ether oxygens (including phenoxy) is 2. The van der Waals surface area contributed by atoms with E-state index in [0.29, 0.717) is 42.9 Å². The van der Waals surface area contributed by atoms with Crippen molar-refractivity contribution in [3.63, 3.8) is 0 Å². The van der Waals surface area contributed by atoms with Crippen LogP contribution in [0.3, 0.4) is 0 Å². The van der Waals surface area contributed by atoms with Crippen LogP contribution >= 0.6 is 0 Å². The largest absolute Gasteiger partial charge is 0.454 e. The number of halogens is 2. The molecule has 1 saturated heterocycles. The summed E-state index contributed by atoms with van der Waals surface area (Å²) in [5, 5.41) is 2.74. The van der Waals surface area contributed by atoms with Gasteiger partial charge >= 0.3 is 0 Å². The third-order valence-corrected chi connectivity index (χ3v) is 5.92. The van der Waals surface area contributed by atoms with Gasteiger partial charge in [0.05, 0.1) is 6.42 Å². The number of benzene rings is 2. The fraction of sp³-hybridized carbons (Fsp3) is 0.417. The van der Waals surface area contributed by atoms with Gasteiger partial charge in [0.25, 0.3) is 0 Å². The lowest BCUT2D eigenvalue weighted by Gasteiger charge is -2.33. The molecule has 0 unspecified atom stereocenters.